The van der Waals surface area contributed by atoms with Gasteiger partial charge in [0.05, 0.1) is 11.5 Å². The molecule has 0 unspecified atom stereocenters. The van der Waals surface area contributed by atoms with Crippen LogP contribution in [-0.4, -0.2) is 60.4 Å². The molecule has 2 atom stereocenters. The van der Waals surface area contributed by atoms with Crippen LogP contribution in [0.5, 0.6) is 0 Å². The van der Waals surface area contributed by atoms with Crippen molar-refractivity contribution >= 4 is 38.9 Å². The Hall–Kier alpha value is -2.68. The van der Waals surface area contributed by atoms with Crippen molar-refractivity contribution in [3.63, 3.8) is 0 Å². The normalized spacial score (nSPS) is 19.4. The number of para-hydroxylation sites is 2. The Morgan fingerprint density at radius 3 is 2.79 bits per heavy atom. The Morgan fingerprint density at radius 1 is 1.38 bits per heavy atom. The van der Waals surface area contributed by atoms with Gasteiger partial charge in [0.1, 0.15) is 5.52 Å². The van der Waals surface area contributed by atoms with E-state index in [1.807, 2.05) is 26.0 Å². The third kappa shape index (κ3) is 5.23. The van der Waals surface area contributed by atoms with Gasteiger partial charge in [0.25, 0.3) is 5.91 Å². The summed E-state index contributed by atoms with van der Waals surface area (Å²) in [6.45, 7) is 3.33. The van der Waals surface area contributed by atoms with Crippen molar-refractivity contribution < 1.29 is 27.2 Å². The minimum Gasteiger partial charge on any atom is -0.452 e. The monoisotopic (exact) mass is 420 g/mol. The van der Waals surface area contributed by atoms with Gasteiger partial charge in [-0.2, -0.15) is 0 Å². The Morgan fingerprint density at radius 2 is 2.14 bits per heavy atom. The van der Waals surface area contributed by atoms with E-state index in [1.165, 1.54) is 6.08 Å². The summed E-state index contributed by atoms with van der Waals surface area (Å²) in [6, 6.07) is 6.69. The molecule has 0 spiro atoms. The molecule has 0 N–H and O–H groups in total. The van der Waals surface area contributed by atoms with Crippen molar-refractivity contribution in [2.45, 2.75) is 38.8 Å². The standard InChI is InChI=1S/C20H24N2O6S/c1-3-14(2)22(15-10-11-29(25,26)13-15)19(23)12-27-20(24)9-8-18-21-16-6-4-5-7-17(16)28-18/h4-9,14-15H,3,10-13H2,1-2H3/b9-8+/t14-,15+/m1/s1. The van der Waals surface area contributed by atoms with Crippen LogP contribution in [0.1, 0.15) is 32.6 Å². The van der Waals surface area contributed by atoms with Crippen molar-refractivity contribution in [3.8, 4) is 0 Å². The number of amides is 1. The number of oxazole rings is 1. The van der Waals surface area contributed by atoms with Gasteiger partial charge in [0.2, 0.25) is 5.89 Å². The van der Waals surface area contributed by atoms with Gasteiger partial charge < -0.3 is 14.1 Å². The quantitative estimate of drug-likeness (QED) is 0.499. The summed E-state index contributed by atoms with van der Waals surface area (Å²) < 4.78 is 34.1. The highest BCUT2D eigenvalue weighted by molar-refractivity contribution is 7.91. The lowest BCUT2D eigenvalue weighted by atomic mass is 10.1. The fourth-order valence-corrected chi connectivity index (χ4v) is 5.07. The van der Waals surface area contributed by atoms with Crippen molar-refractivity contribution in [1.29, 1.82) is 0 Å². The molecule has 2 heterocycles. The summed E-state index contributed by atoms with van der Waals surface area (Å²) in [6.07, 6.45) is 3.60. The predicted molar refractivity (Wildman–Crippen MR) is 108 cm³/mol. The maximum absolute atomic E-state index is 12.6. The topological polar surface area (TPSA) is 107 Å². The molecular formula is C20H24N2O6S. The highest BCUT2D eigenvalue weighted by Gasteiger charge is 2.36. The van der Waals surface area contributed by atoms with Gasteiger partial charge in [-0.3, -0.25) is 4.79 Å². The summed E-state index contributed by atoms with van der Waals surface area (Å²) in [5, 5.41) is 0. The van der Waals surface area contributed by atoms with Crippen LogP contribution < -0.4 is 0 Å². The molecule has 156 valence electrons. The average molecular weight is 420 g/mol. The zero-order valence-electron chi connectivity index (χ0n) is 16.4. The van der Waals surface area contributed by atoms with Crippen LogP contribution in [0.3, 0.4) is 0 Å². The fraction of sp³-hybridized carbons (Fsp3) is 0.450. The van der Waals surface area contributed by atoms with Gasteiger partial charge in [-0.15, -0.1) is 0 Å². The van der Waals surface area contributed by atoms with E-state index < -0.39 is 28.3 Å². The van der Waals surface area contributed by atoms with Crippen molar-refractivity contribution in [1.82, 2.24) is 9.88 Å². The second kappa shape index (κ2) is 8.77. The number of nitrogens with zero attached hydrogens (tertiary/aromatic N) is 2. The molecule has 1 aromatic heterocycles. The van der Waals surface area contributed by atoms with Gasteiger partial charge >= 0.3 is 5.97 Å². The largest absolute Gasteiger partial charge is 0.452 e. The summed E-state index contributed by atoms with van der Waals surface area (Å²) in [5.41, 5.74) is 1.28. The fourth-order valence-electron chi connectivity index (χ4n) is 3.36. The molecule has 1 aliphatic heterocycles. The Bertz CT molecular complexity index is 994. The maximum atomic E-state index is 12.6. The Kier molecular flexibility index (Phi) is 6.36. The molecule has 0 saturated carbocycles. The molecule has 0 bridgehead atoms. The molecule has 2 aromatic rings. The second-order valence-electron chi connectivity index (χ2n) is 7.08. The van der Waals surface area contributed by atoms with Gasteiger partial charge in [0, 0.05) is 24.2 Å². The third-order valence-corrected chi connectivity index (χ3v) is 6.72. The van der Waals surface area contributed by atoms with E-state index in [0.29, 0.717) is 23.9 Å². The lowest BCUT2D eigenvalue weighted by Gasteiger charge is -2.33. The number of ether oxygens (including phenoxy) is 1. The number of benzene rings is 1. The Balaban J connectivity index is 1.59. The number of carbonyl (C=O) groups excluding carboxylic acids is 2. The van der Waals surface area contributed by atoms with Gasteiger partial charge in [0.15, 0.2) is 22.0 Å². The number of carbonyl (C=O) groups is 2. The average Bonchev–Trinajstić information content (AvgIpc) is 3.27. The molecule has 1 aromatic carbocycles. The van der Waals surface area contributed by atoms with Crippen molar-refractivity contribution in [2.75, 3.05) is 18.1 Å². The van der Waals surface area contributed by atoms with Gasteiger partial charge in [-0.05, 0) is 31.9 Å². The number of esters is 1. The van der Waals surface area contributed by atoms with Gasteiger partial charge in [-0.1, -0.05) is 19.1 Å². The third-order valence-electron chi connectivity index (χ3n) is 4.97. The lowest BCUT2D eigenvalue weighted by Crippen LogP contribution is -2.48. The Labute approximate surface area is 169 Å². The predicted octanol–water partition coefficient (Wildman–Crippen LogP) is 2.20. The first-order valence-corrected chi connectivity index (χ1v) is 11.3. The number of sulfone groups is 1. The molecule has 1 amide bonds. The molecule has 0 radical (unpaired) electrons. The van der Waals surface area contributed by atoms with E-state index in [1.54, 1.807) is 17.0 Å². The highest BCUT2D eigenvalue weighted by Crippen LogP contribution is 2.21. The molecule has 1 aliphatic rings. The molecule has 8 nitrogen and oxygen atoms in total. The lowest BCUT2D eigenvalue weighted by molar-refractivity contribution is -0.150. The van der Waals surface area contributed by atoms with E-state index in [4.69, 9.17) is 9.15 Å². The first-order valence-electron chi connectivity index (χ1n) is 9.51. The summed E-state index contributed by atoms with van der Waals surface area (Å²) >= 11 is 0. The molecule has 29 heavy (non-hydrogen) atoms. The van der Waals surface area contributed by atoms with Crippen LogP contribution in [0.25, 0.3) is 17.2 Å². The molecule has 3 rings (SSSR count). The molecule has 0 aliphatic carbocycles. The number of hydrogen-bond acceptors (Lipinski definition) is 7. The van der Waals surface area contributed by atoms with E-state index in [0.717, 1.165) is 6.08 Å². The highest BCUT2D eigenvalue weighted by atomic mass is 32.2. The molecular weight excluding hydrogens is 396 g/mol. The number of rotatable bonds is 7. The molecule has 1 fully saturated rings. The minimum absolute atomic E-state index is 0.0470. The first-order chi connectivity index (χ1) is 13.8. The number of hydrogen-bond donors (Lipinski definition) is 0. The zero-order valence-corrected chi connectivity index (χ0v) is 17.2. The van der Waals surface area contributed by atoms with Crippen LogP contribution in [0, 0.1) is 0 Å². The van der Waals surface area contributed by atoms with Crippen LogP contribution >= 0.6 is 0 Å². The summed E-state index contributed by atoms with van der Waals surface area (Å²) in [4.78, 5) is 30.4. The van der Waals surface area contributed by atoms with E-state index >= 15 is 0 Å². The van der Waals surface area contributed by atoms with E-state index in [-0.39, 0.29) is 29.5 Å². The summed E-state index contributed by atoms with van der Waals surface area (Å²) in [7, 11) is -3.13. The van der Waals surface area contributed by atoms with Crippen LogP contribution in [0.2, 0.25) is 0 Å². The maximum Gasteiger partial charge on any atom is 0.331 e. The smallest absolute Gasteiger partial charge is 0.331 e. The van der Waals surface area contributed by atoms with Crippen LogP contribution in [0.15, 0.2) is 34.8 Å². The van der Waals surface area contributed by atoms with Crippen LogP contribution in [-0.2, 0) is 24.2 Å². The van der Waals surface area contributed by atoms with E-state index in [2.05, 4.69) is 4.98 Å². The number of fused-ring (bicyclic) bond motifs is 1. The number of aromatic nitrogens is 1. The second-order valence-corrected chi connectivity index (χ2v) is 9.30. The first kappa shape index (κ1) is 21.0. The minimum atomic E-state index is -3.13. The van der Waals surface area contributed by atoms with Crippen molar-refractivity contribution in [3.05, 3.63) is 36.2 Å². The van der Waals surface area contributed by atoms with E-state index in [9.17, 15) is 18.0 Å². The van der Waals surface area contributed by atoms with Crippen molar-refractivity contribution in [2.24, 2.45) is 0 Å². The SMILES string of the molecule is CC[C@@H](C)N(C(=O)COC(=O)/C=C/c1nc2ccccc2o1)[C@H]1CCS(=O)(=O)C1. The summed E-state index contributed by atoms with van der Waals surface area (Å²) in [5.74, 6) is -0.819. The zero-order chi connectivity index (χ0) is 21.0. The molecule has 1 saturated heterocycles. The van der Waals surface area contributed by atoms with Crippen LogP contribution in [0.4, 0.5) is 0 Å². The van der Waals surface area contributed by atoms with Gasteiger partial charge in [-0.25, -0.2) is 18.2 Å². The molecule has 9 heteroatoms.